The Kier molecular flexibility index (Phi) is 8.02. The van der Waals surface area contributed by atoms with Crippen LogP contribution in [-0.4, -0.2) is 15.0 Å². The fraction of sp³-hybridized carbons (Fsp3) is 0.0556. The molecule has 58 heavy (non-hydrogen) atoms. The summed E-state index contributed by atoms with van der Waals surface area (Å²) >= 11 is 1.89. The third-order valence-electron chi connectivity index (χ3n) is 11.7. The zero-order valence-corrected chi connectivity index (χ0v) is 33.0. The summed E-state index contributed by atoms with van der Waals surface area (Å²) in [5.74, 6) is 1.96. The van der Waals surface area contributed by atoms with E-state index in [0.29, 0.717) is 17.5 Å². The van der Waals surface area contributed by atoms with Gasteiger partial charge in [-0.3, -0.25) is 0 Å². The molecule has 0 bridgehead atoms. The number of hydrogen-bond acceptors (Lipinski definition) is 4. The third kappa shape index (κ3) is 5.68. The van der Waals surface area contributed by atoms with Gasteiger partial charge in [-0.25, -0.2) is 15.0 Å². The van der Waals surface area contributed by atoms with Gasteiger partial charge in [-0.1, -0.05) is 178 Å². The van der Waals surface area contributed by atoms with E-state index in [4.69, 9.17) is 15.0 Å². The van der Waals surface area contributed by atoms with Crippen LogP contribution in [0.1, 0.15) is 25.0 Å². The fourth-order valence-corrected chi connectivity index (χ4v) is 10.1. The van der Waals surface area contributed by atoms with Crippen molar-refractivity contribution in [2.75, 3.05) is 0 Å². The van der Waals surface area contributed by atoms with Crippen LogP contribution in [0.5, 0.6) is 0 Å². The molecule has 274 valence electrons. The third-order valence-corrected chi connectivity index (χ3v) is 13.0. The number of hydrogen-bond donors (Lipinski definition) is 0. The average Bonchev–Trinajstić information content (AvgIpc) is 3.78. The Balaban J connectivity index is 1.09. The zero-order chi connectivity index (χ0) is 38.8. The van der Waals surface area contributed by atoms with Gasteiger partial charge in [0.1, 0.15) is 0 Å². The molecule has 10 aromatic rings. The summed E-state index contributed by atoms with van der Waals surface area (Å²) in [6, 6.07) is 67.3. The van der Waals surface area contributed by atoms with Gasteiger partial charge in [0.25, 0.3) is 0 Å². The number of fused-ring (bicyclic) bond motifs is 6. The highest BCUT2D eigenvalue weighted by atomic mass is 32.1. The molecule has 0 spiro atoms. The topological polar surface area (TPSA) is 38.7 Å². The summed E-state index contributed by atoms with van der Waals surface area (Å²) < 4.78 is 2.56. The summed E-state index contributed by atoms with van der Waals surface area (Å²) in [6.07, 6.45) is 0. The van der Waals surface area contributed by atoms with E-state index in [0.717, 1.165) is 22.3 Å². The van der Waals surface area contributed by atoms with Crippen LogP contribution in [0, 0.1) is 0 Å². The Labute approximate surface area is 342 Å². The normalized spacial score (nSPS) is 12.8. The van der Waals surface area contributed by atoms with Crippen LogP contribution in [0.2, 0.25) is 0 Å². The molecule has 0 saturated heterocycles. The quantitative estimate of drug-likeness (QED) is 0.169. The van der Waals surface area contributed by atoms with E-state index in [9.17, 15) is 0 Å². The number of benzene rings is 8. The van der Waals surface area contributed by atoms with Crippen molar-refractivity contribution < 1.29 is 0 Å². The molecule has 1 aliphatic carbocycles. The predicted octanol–water partition coefficient (Wildman–Crippen LogP) is 14.5. The molecule has 3 nitrogen and oxygen atoms in total. The van der Waals surface area contributed by atoms with Gasteiger partial charge < -0.3 is 0 Å². The molecule has 4 heteroatoms. The van der Waals surface area contributed by atoms with Gasteiger partial charge in [-0.15, -0.1) is 11.3 Å². The Morgan fingerprint density at radius 3 is 1.55 bits per heavy atom. The lowest BCUT2D eigenvalue weighted by Gasteiger charge is -2.22. The first-order valence-corrected chi connectivity index (χ1v) is 20.6. The molecule has 2 aromatic heterocycles. The number of aromatic nitrogens is 3. The molecule has 1 aliphatic rings. The van der Waals surface area contributed by atoms with E-state index in [-0.39, 0.29) is 5.41 Å². The maximum absolute atomic E-state index is 5.04. The van der Waals surface area contributed by atoms with Crippen molar-refractivity contribution in [3.05, 3.63) is 199 Å². The fourth-order valence-electron chi connectivity index (χ4n) is 8.77. The first-order chi connectivity index (χ1) is 28.5. The SMILES string of the molecule is CC1(C)c2ccccc2-c2ccc(-c3cc(-c4ccccc4)cc4c3sc3c(-c5cccc(-c6nc(-c7ccccc7)nc(-c7ccccc7)n6)c5)cccc34)cc21. The highest BCUT2D eigenvalue weighted by molar-refractivity contribution is 7.26. The highest BCUT2D eigenvalue weighted by Crippen LogP contribution is 2.51. The van der Waals surface area contributed by atoms with Crippen molar-refractivity contribution in [1.82, 2.24) is 15.0 Å². The molecule has 0 saturated carbocycles. The standard InChI is InChI=1S/C54H37N3S/c1-54(2)47-27-13-12-24-42(47)43-29-28-38(33-48(43)54)45-31-40(34-16-6-3-7-17-34)32-46-44-26-15-25-41(49(44)58-50(45)46)37-22-14-23-39(30-37)53-56-51(35-18-8-4-9-19-35)55-52(57-53)36-20-10-5-11-21-36/h3-33H,1-2H3. The molecule has 0 fully saturated rings. The van der Waals surface area contributed by atoms with Gasteiger partial charge in [0.2, 0.25) is 0 Å². The smallest absolute Gasteiger partial charge is 0.164 e. The van der Waals surface area contributed by atoms with Gasteiger partial charge in [-0.2, -0.15) is 0 Å². The predicted molar refractivity (Wildman–Crippen MR) is 243 cm³/mol. The van der Waals surface area contributed by atoms with Crippen LogP contribution >= 0.6 is 11.3 Å². The second-order valence-corrected chi connectivity index (χ2v) is 16.6. The minimum Gasteiger partial charge on any atom is -0.208 e. The van der Waals surface area contributed by atoms with Crippen LogP contribution in [-0.2, 0) is 5.41 Å². The second-order valence-electron chi connectivity index (χ2n) is 15.6. The lowest BCUT2D eigenvalue weighted by molar-refractivity contribution is 0.660. The largest absolute Gasteiger partial charge is 0.208 e. The molecule has 0 radical (unpaired) electrons. The number of thiophene rings is 1. The average molecular weight is 760 g/mol. The van der Waals surface area contributed by atoms with E-state index < -0.39 is 0 Å². The zero-order valence-electron chi connectivity index (χ0n) is 32.1. The van der Waals surface area contributed by atoms with Crippen LogP contribution in [0.25, 0.3) is 98.8 Å². The van der Waals surface area contributed by atoms with E-state index in [2.05, 4.69) is 141 Å². The van der Waals surface area contributed by atoms with Gasteiger partial charge in [-0.05, 0) is 74.3 Å². The molecule has 0 N–H and O–H groups in total. The first kappa shape index (κ1) is 34.3. The highest BCUT2D eigenvalue weighted by Gasteiger charge is 2.35. The summed E-state index contributed by atoms with van der Waals surface area (Å²) in [5.41, 5.74) is 15.5. The lowest BCUT2D eigenvalue weighted by Crippen LogP contribution is -2.14. The van der Waals surface area contributed by atoms with E-state index >= 15 is 0 Å². The molecular formula is C54H37N3S. The van der Waals surface area contributed by atoms with E-state index in [1.807, 2.05) is 72.0 Å². The molecule has 0 atom stereocenters. The maximum atomic E-state index is 5.04. The molecular weight excluding hydrogens is 723 g/mol. The Morgan fingerprint density at radius 2 is 0.845 bits per heavy atom. The Hall–Kier alpha value is -7.01. The molecule has 0 aliphatic heterocycles. The minimum absolute atomic E-state index is 0.0846. The monoisotopic (exact) mass is 759 g/mol. The van der Waals surface area contributed by atoms with Gasteiger partial charge in [0.05, 0.1) is 0 Å². The Bertz CT molecular complexity index is 3130. The van der Waals surface area contributed by atoms with Crippen molar-refractivity contribution in [3.63, 3.8) is 0 Å². The van der Waals surface area contributed by atoms with Crippen molar-refractivity contribution in [1.29, 1.82) is 0 Å². The number of rotatable bonds is 6. The van der Waals surface area contributed by atoms with E-state index in [1.165, 1.54) is 70.2 Å². The van der Waals surface area contributed by atoms with Gasteiger partial charge >= 0.3 is 0 Å². The van der Waals surface area contributed by atoms with Crippen LogP contribution in [0.4, 0.5) is 0 Å². The van der Waals surface area contributed by atoms with Crippen molar-refractivity contribution >= 4 is 31.5 Å². The van der Waals surface area contributed by atoms with Crippen LogP contribution < -0.4 is 0 Å². The van der Waals surface area contributed by atoms with Crippen molar-refractivity contribution in [3.8, 4) is 78.7 Å². The van der Waals surface area contributed by atoms with Gasteiger partial charge in [0, 0.05) is 47.8 Å². The molecule has 0 amide bonds. The van der Waals surface area contributed by atoms with Crippen LogP contribution in [0.15, 0.2) is 188 Å². The van der Waals surface area contributed by atoms with Crippen molar-refractivity contribution in [2.24, 2.45) is 0 Å². The second kappa shape index (κ2) is 13.6. The number of nitrogens with zero attached hydrogens (tertiary/aromatic N) is 3. The van der Waals surface area contributed by atoms with Crippen LogP contribution in [0.3, 0.4) is 0 Å². The minimum atomic E-state index is -0.0846. The molecule has 2 heterocycles. The summed E-state index contributed by atoms with van der Waals surface area (Å²) in [4.78, 5) is 15.0. The van der Waals surface area contributed by atoms with Gasteiger partial charge in [0.15, 0.2) is 17.5 Å². The maximum Gasteiger partial charge on any atom is 0.164 e. The summed E-state index contributed by atoms with van der Waals surface area (Å²) in [7, 11) is 0. The molecule has 0 unspecified atom stereocenters. The van der Waals surface area contributed by atoms with Crippen molar-refractivity contribution in [2.45, 2.75) is 19.3 Å². The molecule has 11 rings (SSSR count). The molecule has 8 aromatic carbocycles. The summed E-state index contributed by atoms with van der Waals surface area (Å²) in [6.45, 7) is 4.72. The lowest BCUT2D eigenvalue weighted by atomic mass is 9.81. The van der Waals surface area contributed by atoms with E-state index in [1.54, 1.807) is 0 Å². The summed E-state index contributed by atoms with van der Waals surface area (Å²) in [5, 5.41) is 2.53. The Morgan fingerprint density at radius 1 is 0.328 bits per heavy atom. The first-order valence-electron chi connectivity index (χ1n) is 19.8.